The van der Waals surface area contributed by atoms with E-state index < -0.39 is 0 Å². The average molecular weight is 232 g/mol. The molecule has 1 aliphatic heterocycles. The molecule has 0 aromatic heterocycles. The van der Waals surface area contributed by atoms with Gasteiger partial charge in [-0.15, -0.1) is 0 Å². The predicted octanol–water partition coefficient (Wildman–Crippen LogP) is 1.40. The van der Waals surface area contributed by atoms with Crippen molar-refractivity contribution in [3.63, 3.8) is 0 Å². The van der Waals surface area contributed by atoms with Crippen LogP contribution >= 0.6 is 0 Å². The first-order valence-electron chi connectivity index (χ1n) is 5.79. The SMILES string of the molecule is CN1C(=O)CCN1c1cccc(CCC=O)c1. The topological polar surface area (TPSA) is 40.6 Å². The minimum absolute atomic E-state index is 0.142. The Bertz CT molecular complexity index is 431. The van der Waals surface area contributed by atoms with E-state index in [1.807, 2.05) is 29.3 Å². The van der Waals surface area contributed by atoms with Crippen molar-refractivity contribution in [3.05, 3.63) is 29.8 Å². The van der Waals surface area contributed by atoms with Gasteiger partial charge in [0.2, 0.25) is 5.91 Å². The molecule has 4 heteroatoms. The highest BCUT2D eigenvalue weighted by atomic mass is 16.2. The fourth-order valence-corrected chi connectivity index (χ4v) is 2.05. The maximum absolute atomic E-state index is 11.5. The minimum atomic E-state index is 0.142. The number of rotatable bonds is 4. The standard InChI is InChI=1S/C13H16N2O2/c1-14-13(17)7-8-15(14)12-6-2-4-11(10-12)5-3-9-16/h2,4,6,9-10H,3,5,7-8H2,1H3. The molecule has 0 N–H and O–H groups in total. The molecule has 90 valence electrons. The number of carbonyl (C=O) groups is 2. The number of benzene rings is 1. The van der Waals surface area contributed by atoms with E-state index in [1.54, 1.807) is 12.1 Å². The molecule has 0 bridgehead atoms. The Balaban J connectivity index is 2.15. The summed E-state index contributed by atoms with van der Waals surface area (Å²) in [7, 11) is 1.79. The third-order valence-corrected chi connectivity index (χ3v) is 3.02. The lowest BCUT2D eigenvalue weighted by molar-refractivity contribution is -0.126. The summed E-state index contributed by atoms with van der Waals surface area (Å²) >= 11 is 0. The van der Waals surface area contributed by atoms with E-state index >= 15 is 0 Å². The molecule has 0 radical (unpaired) electrons. The molecule has 0 atom stereocenters. The lowest BCUT2D eigenvalue weighted by atomic mass is 10.1. The van der Waals surface area contributed by atoms with Crippen LogP contribution in [-0.2, 0) is 16.0 Å². The highest BCUT2D eigenvalue weighted by molar-refractivity contribution is 5.81. The zero-order valence-corrected chi connectivity index (χ0v) is 9.93. The van der Waals surface area contributed by atoms with Crippen molar-refractivity contribution in [1.29, 1.82) is 0 Å². The molecule has 0 saturated carbocycles. The summed E-state index contributed by atoms with van der Waals surface area (Å²) in [6.45, 7) is 0.729. The highest BCUT2D eigenvalue weighted by Gasteiger charge is 2.25. The second-order valence-electron chi connectivity index (χ2n) is 4.17. The van der Waals surface area contributed by atoms with Crippen molar-refractivity contribution >= 4 is 17.9 Å². The molecule has 1 fully saturated rings. The van der Waals surface area contributed by atoms with Crippen LogP contribution in [-0.4, -0.2) is 30.8 Å². The van der Waals surface area contributed by atoms with Crippen molar-refractivity contribution < 1.29 is 9.59 Å². The average Bonchev–Trinajstić information content (AvgIpc) is 2.68. The van der Waals surface area contributed by atoms with Gasteiger partial charge in [0.1, 0.15) is 6.29 Å². The number of anilines is 1. The number of amides is 1. The Morgan fingerprint density at radius 2 is 2.24 bits per heavy atom. The van der Waals surface area contributed by atoms with Crippen molar-refractivity contribution in [2.75, 3.05) is 18.6 Å². The summed E-state index contributed by atoms with van der Waals surface area (Å²) in [5.74, 6) is 0.142. The van der Waals surface area contributed by atoms with Gasteiger partial charge in [-0.1, -0.05) is 12.1 Å². The van der Waals surface area contributed by atoms with Crippen molar-refractivity contribution in [2.45, 2.75) is 19.3 Å². The number of aryl methyl sites for hydroxylation is 1. The smallest absolute Gasteiger partial charge is 0.242 e. The quantitative estimate of drug-likeness (QED) is 0.737. The molecule has 1 heterocycles. The molecule has 0 spiro atoms. The van der Waals surface area contributed by atoms with Gasteiger partial charge in [-0.05, 0) is 24.1 Å². The Morgan fingerprint density at radius 3 is 2.88 bits per heavy atom. The summed E-state index contributed by atoms with van der Waals surface area (Å²) < 4.78 is 0. The molecule has 0 unspecified atom stereocenters. The number of carbonyl (C=O) groups excluding carboxylic acids is 2. The van der Waals surface area contributed by atoms with Crippen LogP contribution in [0, 0.1) is 0 Å². The fraction of sp³-hybridized carbons (Fsp3) is 0.385. The zero-order chi connectivity index (χ0) is 12.3. The molecule has 0 aliphatic carbocycles. The van der Waals surface area contributed by atoms with Crippen LogP contribution in [0.2, 0.25) is 0 Å². The zero-order valence-electron chi connectivity index (χ0n) is 9.93. The Hall–Kier alpha value is -1.84. The van der Waals surface area contributed by atoms with Crippen molar-refractivity contribution in [3.8, 4) is 0 Å². The Kier molecular flexibility index (Phi) is 3.42. The molecule has 1 amide bonds. The third kappa shape index (κ3) is 2.46. The minimum Gasteiger partial charge on any atom is -0.303 e. The van der Waals surface area contributed by atoms with Gasteiger partial charge in [-0.2, -0.15) is 0 Å². The largest absolute Gasteiger partial charge is 0.303 e. The molecule has 4 nitrogen and oxygen atoms in total. The van der Waals surface area contributed by atoms with Crippen LogP contribution in [0.15, 0.2) is 24.3 Å². The summed E-state index contributed by atoms with van der Waals surface area (Å²) in [5, 5.41) is 3.62. The van der Waals surface area contributed by atoms with E-state index in [4.69, 9.17) is 0 Å². The van der Waals surface area contributed by atoms with E-state index in [0.29, 0.717) is 12.8 Å². The Labute approximate surface area is 101 Å². The summed E-state index contributed by atoms with van der Waals surface area (Å²) in [6.07, 6.45) is 2.79. The second-order valence-corrected chi connectivity index (χ2v) is 4.17. The van der Waals surface area contributed by atoms with Crippen molar-refractivity contribution in [1.82, 2.24) is 5.01 Å². The maximum Gasteiger partial charge on any atom is 0.242 e. The van der Waals surface area contributed by atoms with E-state index in [9.17, 15) is 9.59 Å². The van der Waals surface area contributed by atoms with Gasteiger partial charge in [0.25, 0.3) is 0 Å². The summed E-state index contributed by atoms with van der Waals surface area (Å²) in [5.41, 5.74) is 2.14. The highest BCUT2D eigenvalue weighted by Crippen LogP contribution is 2.22. The lowest BCUT2D eigenvalue weighted by Crippen LogP contribution is -2.35. The number of hydrazine groups is 1. The number of hydrogen-bond donors (Lipinski definition) is 0. The number of nitrogens with zero attached hydrogens (tertiary/aromatic N) is 2. The first-order valence-corrected chi connectivity index (χ1v) is 5.79. The molecule has 1 aliphatic rings. The van der Waals surface area contributed by atoms with Crippen LogP contribution < -0.4 is 5.01 Å². The molecule has 1 aromatic carbocycles. The van der Waals surface area contributed by atoms with Gasteiger partial charge in [0.15, 0.2) is 0 Å². The number of aldehydes is 1. The maximum atomic E-state index is 11.5. The van der Waals surface area contributed by atoms with Gasteiger partial charge >= 0.3 is 0 Å². The molecular weight excluding hydrogens is 216 g/mol. The van der Waals surface area contributed by atoms with Crippen LogP contribution in [0.4, 0.5) is 5.69 Å². The molecule has 2 rings (SSSR count). The van der Waals surface area contributed by atoms with Crippen LogP contribution in [0.1, 0.15) is 18.4 Å². The monoisotopic (exact) mass is 232 g/mol. The van der Waals surface area contributed by atoms with Gasteiger partial charge in [-0.3, -0.25) is 14.8 Å². The first kappa shape index (κ1) is 11.6. The van der Waals surface area contributed by atoms with Gasteiger partial charge < -0.3 is 4.79 Å². The second kappa shape index (κ2) is 4.99. The van der Waals surface area contributed by atoms with Crippen LogP contribution in [0.3, 0.4) is 0 Å². The van der Waals surface area contributed by atoms with E-state index in [0.717, 1.165) is 30.5 Å². The molecule has 17 heavy (non-hydrogen) atoms. The van der Waals surface area contributed by atoms with E-state index in [-0.39, 0.29) is 5.91 Å². The lowest BCUT2D eigenvalue weighted by Gasteiger charge is -2.26. The van der Waals surface area contributed by atoms with Gasteiger partial charge in [0, 0.05) is 26.4 Å². The number of hydrogen-bond acceptors (Lipinski definition) is 3. The molecular formula is C13H16N2O2. The van der Waals surface area contributed by atoms with Gasteiger partial charge in [-0.25, -0.2) is 0 Å². The third-order valence-electron chi connectivity index (χ3n) is 3.02. The normalized spacial score (nSPS) is 15.5. The van der Waals surface area contributed by atoms with E-state index in [2.05, 4.69) is 0 Å². The summed E-state index contributed by atoms with van der Waals surface area (Å²) in [4.78, 5) is 21.8. The molecule has 1 aromatic rings. The fourth-order valence-electron chi connectivity index (χ4n) is 2.05. The first-order chi connectivity index (χ1) is 8.22. The van der Waals surface area contributed by atoms with Crippen molar-refractivity contribution in [2.24, 2.45) is 0 Å². The van der Waals surface area contributed by atoms with Gasteiger partial charge in [0.05, 0.1) is 5.69 Å². The molecule has 1 saturated heterocycles. The van der Waals surface area contributed by atoms with E-state index in [1.165, 1.54) is 0 Å². The summed E-state index contributed by atoms with van der Waals surface area (Å²) in [6, 6.07) is 8.00. The van der Waals surface area contributed by atoms with Crippen LogP contribution in [0.5, 0.6) is 0 Å². The van der Waals surface area contributed by atoms with Crippen LogP contribution in [0.25, 0.3) is 0 Å². The Morgan fingerprint density at radius 1 is 1.41 bits per heavy atom. The predicted molar refractivity (Wildman–Crippen MR) is 65.6 cm³/mol.